The van der Waals surface area contributed by atoms with Crippen LogP contribution in [0.3, 0.4) is 0 Å². The Morgan fingerprint density at radius 1 is 0.316 bits per heavy atom. The van der Waals surface area contributed by atoms with Gasteiger partial charge in [-0.25, -0.2) is 0 Å². The lowest BCUT2D eigenvalue weighted by atomic mass is 9.91. The van der Waals surface area contributed by atoms with Crippen molar-refractivity contribution in [2.45, 2.75) is 39.2 Å². The van der Waals surface area contributed by atoms with Gasteiger partial charge in [0.2, 0.25) is 0 Å². The van der Waals surface area contributed by atoms with E-state index < -0.39 is 0 Å². The molecule has 2 aliphatic rings. The number of fused-ring (bicyclic) bond motifs is 5. The van der Waals surface area contributed by atoms with Crippen molar-refractivity contribution in [3.8, 4) is 22.3 Å². The average Bonchev–Trinajstić information content (AvgIpc) is 2.97. The highest BCUT2D eigenvalue weighted by molar-refractivity contribution is 8.05. The highest BCUT2D eigenvalue weighted by atomic mass is 32.2. The molecular formula is C34H20S4. The lowest BCUT2D eigenvalue weighted by Gasteiger charge is -2.20. The summed E-state index contributed by atoms with van der Waals surface area (Å²) >= 11 is 7.51. The molecule has 0 N–H and O–H groups in total. The van der Waals surface area contributed by atoms with E-state index >= 15 is 0 Å². The van der Waals surface area contributed by atoms with Crippen LogP contribution in [0.5, 0.6) is 0 Å². The van der Waals surface area contributed by atoms with Crippen molar-refractivity contribution in [1.82, 2.24) is 0 Å². The van der Waals surface area contributed by atoms with Crippen LogP contribution in [0.1, 0.15) is 0 Å². The standard InChI is InChI=1S/C34H20S4/c1-3-13-28-26(11-1)35-30-17-15-22(19-32(30)37-28)24-9-5-7-21-8-6-10-25(34(21)24)23-16-18-31-33(20-23)38-29-14-4-2-12-27(29)36-31/h1-20H. The Kier molecular flexibility index (Phi) is 5.62. The predicted octanol–water partition coefficient (Wildman–Crippen LogP) is 11.4. The van der Waals surface area contributed by atoms with Gasteiger partial charge in [-0.2, -0.15) is 0 Å². The summed E-state index contributed by atoms with van der Waals surface area (Å²) in [6, 6.07) is 44.7. The maximum atomic E-state index is 2.38. The molecule has 0 spiro atoms. The van der Waals surface area contributed by atoms with E-state index in [0.717, 1.165) is 0 Å². The van der Waals surface area contributed by atoms with E-state index in [9.17, 15) is 0 Å². The van der Waals surface area contributed by atoms with Gasteiger partial charge in [-0.1, -0.05) is 120 Å². The fraction of sp³-hybridized carbons (Fsp3) is 0. The molecule has 0 unspecified atom stereocenters. The Hall–Kier alpha value is -3.02. The van der Waals surface area contributed by atoms with Crippen LogP contribution in [0.25, 0.3) is 33.0 Å². The summed E-state index contributed by atoms with van der Waals surface area (Å²) in [6.45, 7) is 0. The molecule has 6 aromatic rings. The van der Waals surface area contributed by atoms with Gasteiger partial charge in [0.1, 0.15) is 0 Å². The van der Waals surface area contributed by atoms with Crippen LogP contribution in [-0.2, 0) is 0 Å². The zero-order chi connectivity index (χ0) is 25.1. The fourth-order valence-corrected chi connectivity index (χ4v) is 9.72. The molecule has 0 aromatic heterocycles. The largest absolute Gasteiger partial charge is 0.0877 e. The summed E-state index contributed by atoms with van der Waals surface area (Å²) in [6.07, 6.45) is 0. The first-order chi connectivity index (χ1) is 18.8. The molecule has 180 valence electrons. The fourth-order valence-electron chi connectivity index (χ4n) is 5.21. The second-order valence-electron chi connectivity index (χ2n) is 9.33. The van der Waals surface area contributed by atoms with Crippen LogP contribution in [0.4, 0.5) is 0 Å². The van der Waals surface area contributed by atoms with Gasteiger partial charge < -0.3 is 0 Å². The van der Waals surface area contributed by atoms with E-state index in [-0.39, 0.29) is 0 Å². The summed E-state index contributed by atoms with van der Waals surface area (Å²) in [5.74, 6) is 0. The van der Waals surface area contributed by atoms with Crippen molar-refractivity contribution < 1.29 is 0 Å². The molecule has 0 aliphatic carbocycles. The number of hydrogen-bond donors (Lipinski definition) is 0. The van der Waals surface area contributed by atoms with Crippen LogP contribution in [-0.4, -0.2) is 0 Å². The Morgan fingerprint density at radius 3 is 1.16 bits per heavy atom. The third-order valence-electron chi connectivity index (χ3n) is 6.99. The van der Waals surface area contributed by atoms with E-state index in [1.165, 1.54) is 72.2 Å². The highest BCUT2D eigenvalue weighted by Gasteiger charge is 2.20. The molecule has 0 fully saturated rings. The first-order valence-electron chi connectivity index (χ1n) is 12.5. The third kappa shape index (κ3) is 3.90. The molecule has 38 heavy (non-hydrogen) atoms. The van der Waals surface area contributed by atoms with Crippen molar-refractivity contribution in [3.05, 3.63) is 121 Å². The molecule has 0 nitrogen and oxygen atoms in total. The van der Waals surface area contributed by atoms with Crippen molar-refractivity contribution in [2.24, 2.45) is 0 Å². The molecule has 8 rings (SSSR count). The average molecular weight is 557 g/mol. The number of benzene rings is 6. The molecule has 0 amide bonds. The maximum Gasteiger partial charge on any atom is 0.0268 e. The predicted molar refractivity (Wildman–Crippen MR) is 164 cm³/mol. The highest BCUT2D eigenvalue weighted by Crippen LogP contribution is 2.51. The van der Waals surface area contributed by atoms with E-state index in [1.807, 2.05) is 47.0 Å². The molecular weight excluding hydrogens is 537 g/mol. The van der Waals surface area contributed by atoms with Gasteiger partial charge in [-0.15, -0.1) is 0 Å². The summed E-state index contributed by atoms with van der Waals surface area (Å²) in [7, 11) is 0. The minimum Gasteiger partial charge on any atom is -0.0877 e. The minimum absolute atomic E-state index is 1.27. The summed E-state index contributed by atoms with van der Waals surface area (Å²) in [5, 5.41) is 2.59. The Balaban J connectivity index is 1.25. The Labute approximate surface area is 239 Å². The maximum absolute atomic E-state index is 2.38. The van der Waals surface area contributed by atoms with Gasteiger partial charge in [0.05, 0.1) is 0 Å². The number of hydrogen-bond acceptors (Lipinski definition) is 4. The smallest absolute Gasteiger partial charge is 0.0268 e. The van der Waals surface area contributed by atoms with Gasteiger partial charge in [0.25, 0.3) is 0 Å². The van der Waals surface area contributed by atoms with E-state index in [2.05, 4.69) is 121 Å². The monoisotopic (exact) mass is 556 g/mol. The van der Waals surface area contributed by atoms with E-state index in [0.29, 0.717) is 0 Å². The number of rotatable bonds is 2. The molecule has 0 atom stereocenters. The van der Waals surface area contributed by atoms with Crippen molar-refractivity contribution in [1.29, 1.82) is 0 Å². The molecule has 0 saturated heterocycles. The summed E-state index contributed by atoms with van der Waals surface area (Å²) in [4.78, 5) is 10.7. The van der Waals surface area contributed by atoms with Crippen molar-refractivity contribution in [2.75, 3.05) is 0 Å². The SMILES string of the molecule is c1ccc2c(c1)Sc1ccc(-c3cccc4cccc(-c5ccc6c(c5)Sc5ccccc5S6)c34)cc1S2. The van der Waals surface area contributed by atoms with E-state index in [1.54, 1.807) is 0 Å². The van der Waals surface area contributed by atoms with Gasteiger partial charge in [0, 0.05) is 39.2 Å². The second kappa shape index (κ2) is 9.32. The normalized spacial score (nSPS) is 13.4. The molecule has 4 heteroatoms. The first-order valence-corrected chi connectivity index (χ1v) is 15.8. The molecule has 0 bridgehead atoms. The quantitative estimate of drug-likeness (QED) is 0.208. The van der Waals surface area contributed by atoms with E-state index in [4.69, 9.17) is 0 Å². The zero-order valence-corrected chi connectivity index (χ0v) is 23.4. The molecule has 6 aromatic carbocycles. The van der Waals surface area contributed by atoms with Crippen LogP contribution in [0.2, 0.25) is 0 Å². The Bertz CT molecular complexity index is 1750. The molecule has 0 radical (unpaired) electrons. The Morgan fingerprint density at radius 2 is 0.711 bits per heavy atom. The summed E-state index contributed by atoms with van der Waals surface area (Å²) < 4.78 is 0. The van der Waals surface area contributed by atoms with Gasteiger partial charge >= 0.3 is 0 Å². The third-order valence-corrected chi connectivity index (χ3v) is 12.1. The van der Waals surface area contributed by atoms with Crippen LogP contribution < -0.4 is 0 Å². The van der Waals surface area contributed by atoms with Crippen LogP contribution >= 0.6 is 47.0 Å². The first kappa shape index (κ1) is 22.9. The molecule has 2 aliphatic heterocycles. The minimum atomic E-state index is 1.27. The van der Waals surface area contributed by atoms with Crippen molar-refractivity contribution in [3.63, 3.8) is 0 Å². The summed E-state index contributed by atoms with van der Waals surface area (Å²) in [5.41, 5.74) is 5.11. The van der Waals surface area contributed by atoms with Crippen molar-refractivity contribution >= 4 is 57.8 Å². The van der Waals surface area contributed by atoms with Crippen LogP contribution in [0.15, 0.2) is 160 Å². The van der Waals surface area contributed by atoms with Gasteiger partial charge in [0.15, 0.2) is 0 Å². The lowest BCUT2D eigenvalue weighted by molar-refractivity contribution is 1.16. The van der Waals surface area contributed by atoms with Crippen LogP contribution in [0, 0.1) is 0 Å². The van der Waals surface area contributed by atoms with Gasteiger partial charge in [-0.05, 0) is 81.6 Å². The molecule has 0 saturated carbocycles. The molecule has 2 heterocycles. The zero-order valence-electron chi connectivity index (χ0n) is 20.2. The van der Waals surface area contributed by atoms with Gasteiger partial charge in [-0.3, -0.25) is 0 Å². The lowest BCUT2D eigenvalue weighted by Crippen LogP contribution is -1.92. The second-order valence-corrected chi connectivity index (χ2v) is 13.7. The topological polar surface area (TPSA) is 0 Å².